The van der Waals surface area contributed by atoms with Crippen LogP contribution in [0.4, 0.5) is 26.3 Å². The van der Waals surface area contributed by atoms with E-state index >= 15 is 17.6 Å². The van der Waals surface area contributed by atoms with Gasteiger partial charge in [-0.3, -0.25) is 0 Å². The average Bonchev–Trinajstić information content (AvgIpc) is 3.55. The molecule has 1 saturated carbocycles. The summed E-state index contributed by atoms with van der Waals surface area (Å²) in [5, 5.41) is 9.76. The Morgan fingerprint density at radius 2 is 1.38 bits per heavy atom. The smallest absolute Gasteiger partial charge is 0.380 e. The van der Waals surface area contributed by atoms with Crippen molar-refractivity contribution in [3.63, 3.8) is 0 Å². The van der Waals surface area contributed by atoms with Crippen molar-refractivity contribution in [2.24, 2.45) is 0 Å². The first-order valence-electron chi connectivity index (χ1n) is 15.0. The Labute approximate surface area is 267 Å². The molecule has 3 atom stereocenters. The molecule has 2 aliphatic carbocycles. The fourth-order valence-corrected chi connectivity index (χ4v) is 9.40. The molecule has 1 aromatic rings. The van der Waals surface area contributed by atoms with Crippen molar-refractivity contribution in [2.75, 3.05) is 13.2 Å². The second-order valence-corrected chi connectivity index (χ2v) is 15.3. The maximum atomic E-state index is 15.3. The maximum absolute atomic E-state index is 15.3. The number of alkyl halides is 6. The SMILES string of the molecule is CCCCCCC[C@@H](C)Oc1ccc(C(=O)OCC2=CC3=C4C(=C5C=C(CO)SC5(C)C3(C)S2)C(F)(F)C(F)(F)C4(F)F)cc1. The lowest BCUT2D eigenvalue weighted by Gasteiger charge is -2.47. The van der Waals surface area contributed by atoms with E-state index in [-0.39, 0.29) is 39.2 Å². The molecule has 12 heteroatoms. The highest BCUT2D eigenvalue weighted by Gasteiger charge is 2.84. The highest BCUT2D eigenvalue weighted by atomic mass is 32.2. The third-order valence-electron chi connectivity index (χ3n) is 9.07. The van der Waals surface area contributed by atoms with E-state index in [1.54, 1.807) is 12.1 Å². The number of carbonyl (C=O) groups is 1. The minimum absolute atomic E-state index is 0.00207. The molecule has 1 aromatic carbocycles. The lowest BCUT2D eigenvalue weighted by atomic mass is 9.71. The summed E-state index contributed by atoms with van der Waals surface area (Å²) in [4.78, 5) is 13.3. The van der Waals surface area contributed by atoms with Crippen molar-refractivity contribution in [3.05, 3.63) is 74.1 Å². The van der Waals surface area contributed by atoms with Crippen LogP contribution in [-0.4, -0.2) is 57.7 Å². The van der Waals surface area contributed by atoms with E-state index in [4.69, 9.17) is 9.47 Å². The summed E-state index contributed by atoms with van der Waals surface area (Å²) in [6.45, 7) is 6.25. The van der Waals surface area contributed by atoms with Crippen LogP contribution in [-0.2, 0) is 4.74 Å². The van der Waals surface area contributed by atoms with Gasteiger partial charge in [0, 0.05) is 21.0 Å². The number of halogens is 6. The number of carbonyl (C=O) groups excluding carboxylic acids is 1. The lowest BCUT2D eigenvalue weighted by Crippen LogP contribution is -2.49. The number of thioether (sulfide) groups is 2. The van der Waals surface area contributed by atoms with Crippen LogP contribution in [0.5, 0.6) is 5.75 Å². The van der Waals surface area contributed by atoms with Crippen LogP contribution < -0.4 is 4.74 Å². The Balaban J connectivity index is 1.33. The number of unbranched alkanes of at least 4 members (excludes halogenated alkanes) is 4. The third-order valence-corrected chi connectivity index (χ3v) is 12.3. The Bertz CT molecular complexity index is 1480. The maximum Gasteiger partial charge on any atom is 0.380 e. The molecule has 2 aliphatic heterocycles. The summed E-state index contributed by atoms with van der Waals surface area (Å²) >= 11 is 1.98. The van der Waals surface area contributed by atoms with Crippen molar-refractivity contribution < 1.29 is 45.7 Å². The summed E-state index contributed by atoms with van der Waals surface area (Å²) < 4.78 is 98.9. The van der Waals surface area contributed by atoms with E-state index in [9.17, 15) is 18.7 Å². The van der Waals surface area contributed by atoms with Crippen molar-refractivity contribution in [1.82, 2.24) is 0 Å². The number of benzene rings is 1. The largest absolute Gasteiger partial charge is 0.491 e. The van der Waals surface area contributed by atoms with Crippen LogP contribution in [0, 0.1) is 0 Å². The standard InChI is InChI=1S/C33H36F6O4S2/c1-5-6-7-8-9-10-19(2)43-21-13-11-20(12-14-21)28(41)42-18-23-16-25-27-26(31(34,35)33(38,39)32(27,36)37)24-15-22(17-40)44-29(24,3)30(25,4)45-23/h11-16,19,40H,5-10,17-18H2,1-4H3/t19-,29?,30?/m1/s1. The van der Waals surface area contributed by atoms with Crippen molar-refractivity contribution in [2.45, 2.75) is 99.6 Å². The molecule has 246 valence electrons. The van der Waals surface area contributed by atoms with E-state index in [1.807, 2.05) is 6.92 Å². The minimum atomic E-state index is -5.66. The zero-order valence-corrected chi connectivity index (χ0v) is 27.1. The molecule has 4 aliphatic rings. The number of ether oxygens (including phenoxy) is 2. The second-order valence-electron chi connectivity index (χ2n) is 12.2. The number of aliphatic hydroxyl groups is 1. The fraction of sp³-hybridized carbons (Fsp3) is 0.545. The number of aliphatic hydroxyl groups excluding tert-OH is 1. The van der Waals surface area contributed by atoms with Crippen LogP contribution in [0.3, 0.4) is 0 Å². The molecule has 1 fully saturated rings. The number of esters is 1. The van der Waals surface area contributed by atoms with Gasteiger partial charge in [-0.25, -0.2) is 4.79 Å². The summed E-state index contributed by atoms with van der Waals surface area (Å²) in [6, 6.07) is 6.38. The molecule has 2 heterocycles. The van der Waals surface area contributed by atoms with E-state index in [0.717, 1.165) is 48.9 Å². The highest BCUT2D eigenvalue weighted by molar-refractivity contribution is 8.09. The van der Waals surface area contributed by atoms with E-state index in [0.29, 0.717) is 5.75 Å². The van der Waals surface area contributed by atoms with Crippen molar-refractivity contribution in [1.29, 1.82) is 0 Å². The summed E-state index contributed by atoms with van der Waals surface area (Å²) in [5.74, 6) is -16.1. The molecule has 0 radical (unpaired) electrons. The molecule has 5 rings (SSSR count). The summed E-state index contributed by atoms with van der Waals surface area (Å²) in [5.41, 5.74) is -3.30. The first-order valence-corrected chi connectivity index (χ1v) is 16.7. The molecule has 0 bridgehead atoms. The van der Waals surface area contributed by atoms with Gasteiger partial charge in [0.25, 0.3) is 0 Å². The van der Waals surface area contributed by atoms with Gasteiger partial charge in [-0.1, -0.05) is 32.6 Å². The molecule has 2 unspecified atom stereocenters. The van der Waals surface area contributed by atoms with Gasteiger partial charge in [0.05, 0.1) is 27.8 Å². The second kappa shape index (κ2) is 12.0. The molecule has 0 amide bonds. The molecular weight excluding hydrogens is 638 g/mol. The van der Waals surface area contributed by atoms with Crippen LogP contribution in [0.15, 0.2) is 68.5 Å². The monoisotopic (exact) mass is 674 g/mol. The predicted octanol–water partition coefficient (Wildman–Crippen LogP) is 9.27. The average molecular weight is 675 g/mol. The molecule has 0 aromatic heterocycles. The van der Waals surface area contributed by atoms with Crippen LogP contribution in [0.1, 0.15) is 76.6 Å². The number of allylic oxidation sites excluding steroid dienone is 4. The van der Waals surface area contributed by atoms with Gasteiger partial charge >= 0.3 is 23.7 Å². The lowest BCUT2D eigenvalue weighted by molar-refractivity contribution is -0.258. The minimum Gasteiger partial charge on any atom is -0.491 e. The number of hydrogen-bond acceptors (Lipinski definition) is 6. The summed E-state index contributed by atoms with van der Waals surface area (Å²) in [7, 11) is 0. The normalized spacial score (nSPS) is 27.9. The number of fused-ring (bicyclic) bond motifs is 4. The Kier molecular flexibility index (Phi) is 9.11. The molecule has 0 spiro atoms. The van der Waals surface area contributed by atoms with Gasteiger partial charge in [-0.05, 0) is 81.2 Å². The molecule has 0 saturated heterocycles. The van der Waals surface area contributed by atoms with Gasteiger partial charge in [-0.15, -0.1) is 23.5 Å². The van der Waals surface area contributed by atoms with Gasteiger partial charge in [0.15, 0.2) is 0 Å². The Morgan fingerprint density at radius 3 is 1.93 bits per heavy atom. The summed E-state index contributed by atoms with van der Waals surface area (Å²) in [6.07, 6.45) is 9.01. The zero-order valence-electron chi connectivity index (χ0n) is 25.5. The fourth-order valence-electron chi connectivity index (χ4n) is 6.42. The zero-order chi connectivity index (χ0) is 33.0. The predicted molar refractivity (Wildman–Crippen MR) is 164 cm³/mol. The van der Waals surface area contributed by atoms with Gasteiger partial charge < -0.3 is 14.6 Å². The highest BCUT2D eigenvalue weighted by Crippen LogP contribution is 2.74. The molecule has 4 nitrogen and oxygen atoms in total. The van der Waals surface area contributed by atoms with Crippen LogP contribution >= 0.6 is 23.5 Å². The van der Waals surface area contributed by atoms with Gasteiger partial charge in [0.2, 0.25) is 0 Å². The first-order chi connectivity index (χ1) is 21.0. The van der Waals surface area contributed by atoms with E-state index < -0.39 is 51.0 Å². The van der Waals surface area contributed by atoms with E-state index in [2.05, 4.69) is 6.92 Å². The third kappa shape index (κ3) is 5.36. The number of rotatable bonds is 12. The van der Waals surface area contributed by atoms with Crippen molar-refractivity contribution in [3.8, 4) is 5.75 Å². The van der Waals surface area contributed by atoms with Gasteiger partial charge in [0.1, 0.15) is 12.4 Å². The van der Waals surface area contributed by atoms with Crippen LogP contribution in [0.25, 0.3) is 0 Å². The molecular formula is C33H36F6O4S2. The molecule has 1 N–H and O–H groups in total. The quantitative estimate of drug-likeness (QED) is 0.136. The number of hydrogen-bond donors (Lipinski definition) is 1. The van der Waals surface area contributed by atoms with Gasteiger partial charge in [-0.2, -0.15) is 26.3 Å². The van der Waals surface area contributed by atoms with Crippen molar-refractivity contribution >= 4 is 29.5 Å². The first kappa shape index (κ1) is 34.0. The topological polar surface area (TPSA) is 55.8 Å². The Hall–Kier alpha value is -2.31. The van der Waals surface area contributed by atoms with E-state index in [1.165, 1.54) is 51.3 Å². The molecule has 45 heavy (non-hydrogen) atoms. The van der Waals surface area contributed by atoms with Crippen LogP contribution in [0.2, 0.25) is 0 Å². The Morgan fingerprint density at radius 1 is 0.844 bits per heavy atom.